The van der Waals surface area contributed by atoms with Crippen molar-refractivity contribution in [3.63, 3.8) is 0 Å². The topological polar surface area (TPSA) is 55.2 Å². The summed E-state index contributed by atoms with van der Waals surface area (Å²) >= 11 is 3.41. The number of nitro groups is 1. The SMILES string of the molecule is O=[N+]([O-])c1ccc(CNCC2(C3CC3)CC2)c(Br)c1. The van der Waals surface area contributed by atoms with Crippen LogP contribution in [0, 0.1) is 21.4 Å². The van der Waals surface area contributed by atoms with Crippen molar-refractivity contribution < 1.29 is 4.92 Å². The van der Waals surface area contributed by atoms with E-state index in [0.717, 1.165) is 29.0 Å². The second kappa shape index (κ2) is 4.87. The van der Waals surface area contributed by atoms with Gasteiger partial charge in [0.25, 0.3) is 5.69 Å². The van der Waals surface area contributed by atoms with Gasteiger partial charge in [0.1, 0.15) is 0 Å². The van der Waals surface area contributed by atoms with Gasteiger partial charge in [-0.15, -0.1) is 0 Å². The van der Waals surface area contributed by atoms with Crippen molar-refractivity contribution in [3.8, 4) is 0 Å². The van der Waals surface area contributed by atoms with Gasteiger partial charge in [0.05, 0.1) is 4.92 Å². The zero-order valence-corrected chi connectivity index (χ0v) is 12.3. The van der Waals surface area contributed by atoms with Gasteiger partial charge in [-0.3, -0.25) is 10.1 Å². The molecule has 0 bridgehead atoms. The summed E-state index contributed by atoms with van der Waals surface area (Å²) in [5.41, 5.74) is 1.80. The summed E-state index contributed by atoms with van der Waals surface area (Å²) in [6.45, 7) is 1.86. The molecule has 1 aromatic carbocycles. The lowest BCUT2D eigenvalue weighted by atomic mass is 10.0. The van der Waals surface area contributed by atoms with Crippen LogP contribution in [0.1, 0.15) is 31.2 Å². The van der Waals surface area contributed by atoms with Crippen LogP contribution in [0.15, 0.2) is 22.7 Å². The number of halogens is 1. The Morgan fingerprint density at radius 1 is 1.42 bits per heavy atom. The van der Waals surface area contributed by atoms with E-state index in [-0.39, 0.29) is 10.6 Å². The Labute approximate surface area is 120 Å². The molecule has 0 aliphatic heterocycles. The molecule has 4 nitrogen and oxygen atoms in total. The third-order valence-electron chi connectivity index (χ3n) is 4.38. The van der Waals surface area contributed by atoms with E-state index in [4.69, 9.17) is 0 Å². The number of hydrogen-bond acceptors (Lipinski definition) is 3. The van der Waals surface area contributed by atoms with Crippen LogP contribution in [-0.4, -0.2) is 11.5 Å². The molecule has 0 aromatic heterocycles. The van der Waals surface area contributed by atoms with Gasteiger partial charge < -0.3 is 5.32 Å². The minimum Gasteiger partial charge on any atom is -0.312 e. The average Bonchev–Trinajstić information content (AvgIpc) is 3.24. The van der Waals surface area contributed by atoms with Crippen molar-refractivity contribution in [1.29, 1.82) is 0 Å². The molecule has 0 unspecified atom stereocenters. The Morgan fingerprint density at radius 3 is 2.68 bits per heavy atom. The molecular weight excluding hydrogens is 308 g/mol. The van der Waals surface area contributed by atoms with E-state index in [1.807, 2.05) is 6.07 Å². The number of benzene rings is 1. The highest BCUT2D eigenvalue weighted by atomic mass is 79.9. The van der Waals surface area contributed by atoms with Crippen LogP contribution in [0.2, 0.25) is 0 Å². The van der Waals surface area contributed by atoms with E-state index in [1.54, 1.807) is 12.1 Å². The standard InChI is InChI=1S/C14H17BrN2O2/c15-13-7-12(17(18)19)4-1-10(13)8-16-9-14(5-6-14)11-2-3-11/h1,4,7,11,16H,2-3,5-6,8-9H2. The van der Waals surface area contributed by atoms with Crippen molar-refractivity contribution >= 4 is 21.6 Å². The molecule has 2 aliphatic rings. The van der Waals surface area contributed by atoms with Crippen LogP contribution in [0.25, 0.3) is 0 Å². The summed E-state index contributed by atoms with van der Waals surface area (Å²) < 4.78 is 0.811. The van der Waals surface area contributed by atoms with E-state index < -0.39 is 0 Å². The molecule has 2 fully saturated rings. The zero-order chi connectivity index (χ0) is 13.5. The molecule has 0 atom stereocenters. The fraction of sp³-hybridized carbons (Fsp3) is 0.571. The molecule has 102 valence electrons. The van der Waals surface area contributed by atoms with Gasteiger partial charge in [0.2, 0.25) is 0 Å². The third-order valence-corrected chi connectivity index (χ3v) is 5.11. The van der Waals surface area contributed by atoms with Crippen molar-refractivity contribution in [2.45, 2.75) is 32.2 Å². The lowest BCUT2D eigenvalue weighted by Crippen LogP contribution is -2.25. The molecule has 1 N–H and O–H groups in total. The molecule has 1 aromatic rings. The van der Waals surface area contributed by atoms with Gasteiger partial charge in [-0.05, 0) is 48.6 Å². The second-order valence-electron chi connectivity index (χ2n) is 5.77. The summed E-state index contributed by atoms with van der Waals surface area (Å²) in [5, 5.41) is 14.2. The molecule has 0 spiro atoms. The third kappa shape index (κ3) is 2.82. The molecule has 19 heavy (non-hydrogen) atoms. The Bertz CT molecular complexity index is 510. The average molecular weight is 325 g/mol. The second-order valence-corrected chi connectivity index (χ2v) is 6.63. The lowest BCUT2D eigenvalue weighted by molar-refractivity contribution is -0.384. The van der Waals surface area contributed by atoms with Gasteiger partial charge >= 0.3 is 0 Å². The number of nitro benzene ring substituents is 1. The van der Waals surface area contributed by atoms with E-state index in [0.29, 0.717) is 5.41 Å². The van der Waals surface area contributed by atoms with E-state index in [1.165, 1.54) is 25.7 Å². The van der Waals surface area contributed by atoms with Crippen molar-refractivity contribution in [2.75, 3.05) is 6.54 Å². The van der Waals surface area contributed by atoms with Crippen LogP contribution in [0.4, 0.5) is 5.69 Å². The number of nitrogens with zero attached hydrogens (tertiary/aromatic N) is 1. The van der Waals surface area contributed by atoms with Gasteiger partial charge in [-0.1, -0.05) is 15.9 Å². The quantitative estimate of drug-likeness (QED) is 0.642. The van der Waals surface area contributed by atoms with Crippen LogP contribution < -0.4 is 5.32 Å². The van der Waals surface area contributed by atoms with Gasteiger partial charge in [-0.2, -0.15) is 0 Å². The van der Waals surface area contributed by atoms with E-state index >= 15 is 0 Å². The first-order valence-electron chi connectivity index (χ1n) is 6.74. The predicted molar refractivity (Wildman–Crippen MR) is 76.9 cm³/mol. The zero-order valence-electron chi connectivity index (χ0n) is 10.7. The van der Waals surface area contributed by atoms with E-state index in [2.05, 4.69) is 21.2 Å². The summed E-state index contributed by atoms with van der Waals surface area (Å²) in [6, 6.07) is 4.96. The first-order chi connectivity index (χ1) is 9.11. The van der Waals surface area contributed by atoms with Crippen LogP contribution >= 0.6 is 15.9 Å². The van der Waals surface area contributed by atoms with Gasteiger partial charge in [0, 0.05) is 29.7 Å². The normalized spacial score (nSPS) is 20.3. The molecule has 3 rings (SSSR count). The van der Waals surface area contributed by atoms with Crippen molar-refractivity contribution in [1.82, 2.24) is 5.32 Å². The first-order valence-corrected chi connectivity index (χ1v) is 7.54. The van der Waals surface area contributed by atoms with E-state index in [9.17, 15) is 10.1 Å². The molecule has 2 aliphatic carbocycles. The highest BCUT2D eigenvalue weighted by Gasteiger charge is 2.53. The first kappa shape index (κ1) is 13.1. The largest absolute Gasteiger partial charge is 0.312 e. The number of rotatable bonds is 6. The Hall–Kier alpha value is -0.940. The van der Waals surface area contributed by atoms with Crippen LogP contribution in [0.3, 0.4) is 0 Å². The van der Waals surface area contributed by atoms with Gasteiger partial charge in [-0.25, -0.2) is 0 Å². The highest BCUT2D eigenvalue weighted by Crippen LogP contribution is 2.60. The lowest BCUT2D eigenvalue weighted by Gasteiger charge is -2.15. The van der Waals surface area contributed by atoms with Crippen molar-refractivity contribution in [2.24, 2.45) is 11.3 Å². The summed E-state index contributed by atoms with van der Waals surface area (Å²) in [7, 11) is 0. The molecule has 0 amide bonds. The monoisotopic (exact) mass is 324 g/mol. The smallest absolute Gasteiger partial charge is 0.270 e. The molecule has 2 saturated carbocycles. The maximum absolute atomic E-state index is 10.7. The Kier molecular flexibility index (Phi) is 3.35. The minimum absolute atomic E-state index is 0.132. The molecule has 0 heterocycles. The van der Waals surface area contributed by atoms with Crippen LogP contribution in [0.5, 0.6) is 0 Å². The summed E-state index contributed by atoms with van der Waals surface area (Å²) in [6.07, 6.45) is 5.55. The number of non-ortho nitro benzene ring substituents is 1. The summed E-state index contributed by atoms with van der Waals surface area (Å²) in [4.78, 5) is 10.3. The fourth-order valence-corrected chi connectivity index (χ4v) is 3.33. The maximum atomic E-state index is 10.7. The van der Waals surface area contributed by atoms with Gasteiger partial charge in [0.15, 0.2) is 0 Å². The fourth-order valence-electron chi connectivity index (χ4n) is 2.82. The highest BCUT2D eigenvalue weighted by molar-refractivity contribution is 9.10. The molecular formula is C14H17BrN2O2. The Morgan fingerprint density at radius 2 is 2.16 bits per heavy atom. The predicted octanol–water partition coefficient (Wildman–Crippen LogP) is 3.64. The molecule has 5 heteroatoms. The van der Waals surface area contributed by atoms with Crippen molar-refractivity contribution in [3.05, 3.63) is 38.3 Å². The molecule has 0 saturated heterocycles. The number of hydrogen-bond donors (Lipinski definition) is 1. The summed E-state index contributed by atoms with van der Waals surface area (Å²) in [5.74, 6) is 0.959. The number of nitrogens with one attached hydrogen (secondary N) is 1. The van der Waals surface area contributed by atoms with Crippen LogP contribution in [-0.2, 0) is 6.54 Å². The Balaban J connectivity index is 1.56. The maximum Gasteiger partial charge on any atom is 0.270 e. The molecule has 0 radical (unpaired) electrons. The minimum atomic E-state index is -0.367.